The number of rotatable bonds is 6. The molecule has 1 aliphatic rings. The van der Waals surface area contributed by atoms with Crippen LogP contribution in [0.15, 0.2) is 54.6 Å². The van der Waals surface area contributed by atoms with E-state index in [1.807, 2.05) is 75.6 Å². The highest BCUT2D eigenvalue weighted by atomic mass is 16.5. The lowest BCUT2D eigenvalue weighted by Crippen LogP contribution is -2.50. The summed E-state index contributed by atoms with van der Waals surface area (Å²) < 4.78 is 5.90. The second-order valence-corrected chi connectivity index (χ2v) is 7.42. The van der Waals surface area contributed by atoms with Crippen molar-refractivity contribution in [1.29, 1.82) is 0 Å². The fourth-order valence-electron chi connectivity index (χ4n) is 3.51. The number of nitrogens with zero attached hydrogens (tertiary/aromatic N) is 2. The maximum Gasteiger partial charge on any atom is 0.246 e. The Balaban J connectivity index is 1.80. The molecular formula is C22H29N3O2. The molecule has 2 atom stereocenters. The van der Waals surface area contributed by atoms with E-state index in [9.17, 15) is 4.79 Å². The minimum absolute atomic E-state index is 0.00411. The second-order valence-electron chi connectivity index (χ2n) is 7.42. The van der Waals surface area contributed by atoms with Gasteiger partial charge in [0.1, 0.15) is 6.04 Å². The standard InChI is InChI=1S/C22H29N3O2/c1-17-9-11-19(12-10-17)23-22(26)21(18-7-5-4-6-8-18)25-13-14-27-20(16-25)15-24(2)3/h4-12,20-21H,13-16H2,1-3H3,(H,23,26). The molecule has 0 radical (unpaired) electrons. The molecule has 0 bridgehead atoms. The van der Waals surface area contributed by atoms with Crippen LogP contribution >= 0.6 is 0 Å². The van der Waals surface area contributed by atoms with Crippen LogP contribution in [0.5, 0.6) is 0 Å². The van der Waals surface area contributed by atoms with E-state index in [0.29, 0.717) is 6.61 Å². The molecule has 5 heteroatoms. The van der Waals surface area contributed by atoms with E-state index in [-0.39, 0.29) is 18.1 Å². The normalized spacial score (nSPS) is 19.0. The fraction of sp³-hybridized carbons (Fsp3) is 0.409. The summed E-state index contributed by atoms with van der Waals surface area (Å²) in [6, 6.07) is 17.6. The van der Waals surface area contributed by atoms with Crippen LogP contribution in [0.25, 0.3) is 0 Å². The Labute approximate surface area is 161 Å². The van der Waals surface area contributed by atoms with Crippen LogP contribution < -0.4 is 5.32 Å². The minimum atomic E-state index is -0.332. The Bertz CT molecular complexity index is 731. The van der Waals surface area contributed by atoms with Crippen LogP contribution in [0.1, 0.15) is 17.2 Å². The van der Waals surface area contributed by atoms with Crippen molar-refractivity contribution >= 4 is 11.6 Å². The van der Waals surface area contributed by atoms with Gasteiger partial charge in [-0.3, -0.25) is 9.69 Å². The second kappa shape index (κ2) is 9.13. The summed E-state index contributed by atoms with van der Waals surface area (Å²) in [6.45, 7) is 5.00. The third-order valence-corrected chi connectivity index (χ3v) is 4.79. The first kappa shape index (κ1) is 19.5. The molecule has 1 amide bonds. The van der Waals surface area contributed by atoms with Gasteiger partial charge in [-0.1, -0.05) is 48.0 Å². The molecule has 27 heavy (non-hydrogen) atoms. The summed E-state index contributed by atoms with van der Waals surface area (Å²) in [5.74, 6) is -0.00411. The van der Waals surface area contributed by atoms with Crippen LogP contribution in [0.2, 0.25) is 0 Å². The number of morpholine rings is 1. The quantitative estimate of drug-likeness (QED) is 0.853. The van der Waals surface area contributed by atoms with Gasteiger partial charge in [-0.25, -0.2) is 0 Å². The maximum absolute atomic E-state index is 13.2. The van der Waals surface area contributed by atoms with Gasteiger partial charge < -0.3 is 15.0 Å². The first-order chi connectivity index (χ1) is 13.0. The SMILES string of the molecule is Cc1ccc(NC(=O)C(c2ccccc2)N2CCOC(CN(C)C)C2)cc1. The Morgan fingerprint density at radius 1 is 1.19 bits per heavy atom. The van der Waals surface area contributed by atoms with E-state index < -0.39 is 0 Å². The Morgan fingerprint density at radius 2 is 1.89 bits per heavy atom. The number of carbonyl (C=O) groups is 1. The first-order valence-electron chi connectivity index (χ1n) is 9.46. The van der Waals surface area contributed by atoms with Crippen molar-refractivity contribution in [3.05, 3.63) is 65.7 Å². The predicted molar refractivity (Wildman–Crippen MR) is 109 cm³/mol. The summed E-state index contributed by atoms with van der Waals surface area (Å²) in [7, 11) is 4.09. The first-order valence-corrected chi connectivity index (χ1v) is 9.46. The molecule has 5 nitrogen and oxygen atoms in total. The summed E-state index contributed by atoms with van der Waals surface area (Å²) in [5.41, 5.74) is 3.00. The van der Waals surface area contributed by atoms with Crippen molar-refractivity contribution < 1.29 is 9.53 Å². The zero-order valence-electron chi connectivity index (χ0n) is 16.4. The number of ether oxygens (including phenoxy) is 1. The highest BCUT2D eigenvalue weighted by Gasteiger charge is 2.32. The monoisotopic (exact) mass is 367 g/mol. The topological polar surface area (TPSA) is 44.8 Å². The van der Waals surface area contributed by atoms with Gasteiger partial charge >= 0.3 is 0 Å². The predicted octanol–water partition coefficient (Wildman–Crippen LogP) is 2.94. The minimum Gasteiger partial charge on any atom is -0.374 e. The molecule has 3 rings (SSSR count). The molecule has 2 aromatic rings. The van der Waals surface area contributed by atoms with Crippen LogP contribution in [-0.2, 0) is 9.53 Å². The highest BCUT2D eigenvalue weighted by molar-refractivity contribution is 5.95. The smallest absolute Gasteiger partial charge is 0.246 e. The van der Waals surface area contributed by atoms with Gasteiger partial charge in [0.05, 0.1) is 12.7 Å². The summed E-state index contributed by atoms with van der Waals surface area (Å²) >= 11 is 0. The molecule has 1 heterocycles. The largest absolute Gasteiger partial charge is 0.374 e. The molecule has 0 aliphatic carbocycles. The fourth-order valence-corrected chi connectivity index (χ4v) is 3.51. The number of aryl methyl sites for hydroxylation is 1. The summed E-state index contributed by atoms with van der Waals surface area (Å²) in [6.07, 6.45) is 0.104. The summed E-state index contributed by atoms with van der Waals surface area (Å²) in [5, 5.41) is 3.09. The Kier molecular flexibility index (Phi) is 6.61. The molecule has 144 valence electrons. The van der Waals surface area contributed by atoms with Gasteiger partial charge in [-0.15, -0.1) is 0 Å². The van der Waals surface area contributed by atoms with Gasteiger partial charge in [0.2, 0.25) is 5.91 Å². The Morgan fingerprint density at radius 3 is 2.56 bits per heavy atom. The van der Waals surface area contributed by atoms with Crippen molar-refractivity contribution in [2.45, 2.75) is 19.1 Å². The average molecular weight is 367 g/mol. The zero-order chi connectivity index (χ0) is 19.2. The maximum atomic E-state index is 13.2. The lowest BCUT2D eigenvalue weighted by atomic mass is 10.0. The van der Waals surface area contributed by atoms with Gasteiger partial charge in [0.15, 0.2) is 0 Å². The van der Waals surface area contributed by atoms with E-state index in [1.54, 1.807) is 0 Å². The molecule has 2 aromatic carbocycles. The third kappa shape index (κ3) is 5.39. The van der Waals surface area contributed by atoms with E-state index in [1.165, 1.54) is 5.56 Å². The van der Waals surface area contributed by atoms with E-state index in [4.69, 9.17) is 4.74 Å². The van der Waals surface area contributed by atoms with Crippen molar-refractivity contribution in [2.24, 2.45) is 0 Å². The van der Waals surface area contributed by atoms with Crippen LogP contribution in [0.3, 0.4) is 0 Å². The molecule has 0 spiro atoms. The lowest BCUT2D eigenvalue weighted by Gasteiger charge is -2.38. The zero-order valence-corrected chi connectivity index (χ0v) is 16.4. The third-order valence-electron chi connectivity index (χ3n) is 4.79. The van der Waals surface area contributed by atoms with Gasteiger partial charge in [0.25, 0.3) is 0 Å². The molecule has 0 saturated carbocycles. The number of benzene rings is 2. The van der Waals surface area contributed by atoms with Crippen LogP contribution in [0, 0.1) is 6.92 Å². The van der Waals surface area contributed by atoms with E-state index in [2.05, 4.69) is 15.1 Å². The number of anilines is 1. The molecule has 1 aliphatic heterocycles. The lowest BCUT2D eigenvalue weighted by molar-refractivity contribution is -0.125. The van der Waals surface area contributed by atoms with E-state index in [0.717, 1.165) is 30.9 Å². The number of hydrogen-bond donors (Lipinski definition) is 1. The average Bonchev–Trinajstić information content (AvgIpc) is 2.64. The molecule has 1 saturated heterocycles. The molecular weight excluding hydrogens is 338 g/mol. The molecule has 2 unspecified atom stereocenters. The van der Waals surface area contributed by atoms with E-state index >= 15 is 0 Å². The highest BCUT2D eigenvalue weighted by Crippen LogP contribution is 2.25. The van der Waals surface area contributed by atoms with Gasteiger partial charge in [-0.05, 0) is 38.7 Å². The summed E-state index contributed by atoms with van der Waals surface area (Å²) in [4.78, 5) is 17.6. The number of carbonyl (C=O) groups excluding carboxylic acids is 1. The van der Waals surface area contributed by atoms with Crippen molar-refractivity contribution in [3.63, 3.8) is 0 Å². The number of likely N-dealkylation sites (N-methyl/N-ethyl adjacent to an activating group) is 1. The Hall–Kier alpha value is -2.21. The van der Waals surface area contributed by atoms with Crippen LogP contribution in [0.4, 0.5) is 5.69 Å². The molecule has 0 aromatic heterocycles. The number of nitrogens with one attached hydrogen (secondary N) is 1. The number of hydrogen-bond acceptors (Lipinski definition) is 4. The van der Waals surface area contributed by atoms with Gasteiger partial charge in [-0.2, -0.15) is 0 Å². The van der Waals surface area contributed by atoms with Crippen molar-refractivity contribution in [3.8, 4) is 0 Å². The van der Waals surface area contributed by atoms with Crippen molar-refractivity contribution in [2.75, 3.05) is 45.7 Å². The van der Waals surface area contributed by atoms with Crippen LogP contribution in [-0.4, -0.2) is 62.1 Å². The van der Waals surface area contributed by atoms with Crippen molar-refractivity contribution in [1.82, 2.24) is 9.80 Å². The molecule has 1 N–H and O–H groups in total. The molecule has 1 fully saturated rings. The van der Waals surface area contributed by atoms with Gasteiger partial charge in [0, 0.05) is 25.3 Å². The number of amides is 1.